The number of carboxylic acid groups (broad SMARTS) is 1. The summed E-state index contributed by atoms with van der Waals surface area (Å²) in [6, 6.07) is 2.60. The van der Waals surface area contributed by atoms with E-state index in [1.165, 1.54) is 19.1 Å². The summed E-state index contributed by atoms with van der Waals surface area (Å²) in [4.78, 5) is 21.3. The second-order valence-corrected chi connectivity index (χ2v) is 3.82. The second kappa shape index (κ2) is 5.18. The molecule has 0 atom stereocenters. The Morgan fingerprint density at radius 3 is 2.44 bits per heavy atom. The van der Waals surface area contributed by atoms with Crippen molar-refractivity contribution in [2.24, 2.45) is 0 Å². The largest absolute Gasteiger partial charge is 0.478 e. The minimum absolute atomic E-state index is 0.0339. The molecule has 0 unspecified atom stereocenters. The molecule has 0 aliphatic heterocycles. The third-order valence-corrected chi connectivity index (χ3v) is 2.46. The highest BCUT2D eigenvalue weighted by atomic mass is 35.5. The van der Waals surface area contributed by atoms with Crippen molar-refractivity contribution in [3.63, 3.8) is 0 Å². The summed E-state index contributed by atoms with van der Waals surface area (Å²) in [5.41, 5.74) is 0.380. The minimum atomic E-state index is -1.16. The Balaban J connectivity index is 3.01. The van der Waals surface area contributed by atoms with E-state index >= 15 is 0 Å². The van der Waals surface area contributed by atoms with E-state index in [9.17, 15) is 9.59 Å². The first-order valence-electron chi connectivity index (χ1n) is 4.26. The number of benzene rings is 1. The van der Waals surface area contributed by atoms with Gasteiger partial charge in [-0.25, -0.2) is 4.79 Å². The van der Waals surface area contributed by atoms with Crippen molar-refractivity contribution in [2.75, 3.05) is 0 Å². The van der Waals surface area contributed by atoms with Crippen LogP contribution in [-0.2, 0) is 16.1 Å². The molecule has 0 fully saturated rings. The highest BCUT2D eigenvalue weighted by Crippen LogP contribution is 2.26. The van der Waals surface area contributed by atoms with E-state index in [1.54, 1.807) is 0 Å². The summed E-state index contributed by atoms with van der Waals surface area (Å²) in [5.74, 6) is -1.61. The van der Waals surface area contributed by atoms with Crippen molar-refractivity contribution in [1.82, 2.24) is 0 Å². The lowest BCUT2D eigenvalue weighted by atomic mass is 10.1. The molecule has 4 nitrogen and oxygen atoms in total. The molecule has 1 N–H and O–H groups in total. The lowest BCUT2D eigenvalue weighted by molar-refractivity contribution is -0.142. The molecule has 0 amide bonds. The smallest absolute Gasteiger partial charge is 0.337 e. The fourth-order valence-electron chi connectivity index (χ4n) is 1.04. The molecule has 0 aromatic heterocycles. The van der Waals surface area contributed by atoms with Gasteiger partial charge in [-0.05, 0) is 12.1 Å². The molecule has 1 rings (SSSR count). The van der Waals surface area contributed by atoms with Crippen LogP contribution in [-0.4, -0.2) is 17.0 Å². The predicted molar refractivity (Wildman–Crippen MR) is 58.9 cm³/mol. The van der Waals surface area contributed by atoms with Crippen LogP contribution in [0.15, 0.2) is 12.1 Å². The summed E-state index contributed by atoms with van der Waals surface area (Å²) in [7, 11) is 0. The Kier molecular flexibility index (Phi) is 4.15. The van der Waals surface area contributed by atoms with E-state index in [0.717, 1.165) is 0 Å². The molecule has 0 radical (unpaired) electrons. The van der Waals surface area contributed by atoms with E-state index < -0.39 is 11.9 Å². The van der Waals surface area contributed by atoms with E-state index in [1.807, 2.05) is 0 Å². The van der Waals surface area contributed by atoms with Crippen LogP contribution in [0.2, 0.25) is 10.0 Å². The summed E-state index contributed by atoms with van der Waals surface area (Å²) in [6.07, 6.45) is 0. The van der Waals surface area contributed by atoms with Gasteiger partial charge in [-0.15, -0.1) is 0 Å². The fourth-order valence-corrected chi connectivity index (χ4v) is 1.53. The molecule has 6 heteroatoms. The van der Waals surface area contributed by atoms with Gasteiger partial charge in [-0.3, -0.25) is 4.79 Å². The van der Waals surface area contributed by atoms with Gasteiger partial charge in [0.2, 0.25) is 0 Å². The number of carbonyl (C=O) groups is 2. The molecule has 0 saturated heterocycles. The molecular weight excluding hydrogens is 255 g/mol. The number of carboxylic acids is 1. The van der Waals surface area contributed by atoms with Crippen LogP contribution in [0.1, 0.15) is 22.8 Å². The van der Waals surface area contributed by atoms with Gasteiger partial charge < -0.3 is 9.84 Å². The maximum Gasteiger partial charge on any atom is 0.337 e. The van der Waals surface area contributed by atoms with Crippen molar-refractivity contribution < 1.29 is 19.4 Å². The lowest BCUT2D eigenvalue weighted by Crippen LogP contribution is -2.02. The zero-order valence-electron chi connectivity index (χ0n) is 8.29. The Hall–Kier alpha value is -1.26. The Labute approximate surface area is 102 Å². The van der Waals surface area contributed by atoms with Gasteiger partial charge in [-0.2, -0.15) is 0 Å². The predicted octanol–water partition coefficient (Wildman–Crippen LogP) is 2.75. The number of halogens is 2. The average Bonchev–Trinajstić information content (AvgIpc) is 2.18. The van der Waals surface area contributed by atoms with Gasteiger partial charge in [0.05, 0.1) is 10.6 Å². The molecule has 0 heterocycles. The van der Waals surface area contributed by atoms with Crippen molar-refractivity contribution in [2.45, 2.75) is 13.5 Å². The van der Waals surface area contributed by atoms with Gasteiger partial charge in [0.15, 0.2) is 0 Å². The lowest BCUT2D eigenvalue weighted by Gasteiger charge is -2.07. The molecule has 1 aromatic carbocycles. The van der Waals surface area contributed by atoms with Gasteiger partial charge >= 0.3 is 11.9 Å². The molecule has 0 bridgehead atoms. The molecule has 1 aromatic rings. The average molecular weight is 263 g/mol. The Morgan fingerprint density at radius 1 is 1.31 bits per heavy atom. The van der Waals surface area contributed by atoms with Crippen molar-refractivity contribution in [3.05, 3.63) is 33.3 Å². The van der Waals surface area contributed by atoms with Crippen LogP contribution in [0.5, 0.6) is 0 Å². The number of hydrogen-bond donors (Lipinski definition) is 1. The first-order chi connectivity index (χ1) is 7.41. The summed E-state index contributed by atoms with van der Waals surface area (Å²) in [6.45, 7) is 1.23. The van der Waals surface area contributed by atoms with E-state index in [2.05, 4.69) is 0 Å². The van der Waals surface area contributed by atoms with E-state index in [4.69, 9.17) is 33.0 Å². The number of rotatable bonds is 3. The first kappa shape index (κ1) is 12.8. The second-order valence-electron chi connectivity index (χ2n) is 3.01. The van der Waals surface area contributed by atoms with Crippen LogP contribution >= 0.6 is 23.2 Å². The third-order valence-electron chi connectivity index (χ3n) is 1.80. The molecule has 0 aliphatic carbocycles. The molecular formula is C10H8Cl2O4. The van der Waals surface area contributed by atoms with Gasteiger partial charge in [0, 0.05) is 17.5 Å². The molecule has 0 saturated carbocycles. The van der Waals surface area contributed by atoms with E-state index in [0.29, 0.717) is 5.56 Å². The zero-order valence-corrected chi connectivity index (χ0v) is 9.80. The quantitative estimate of drug-likeness (QED) is 0.851. The summed E-state index contributed by atoms with van der Waals surface area (Å²) in [5, 5.41) is 9.02. The zero-order chi connectivity index (χ0) is 12.3. The van der Waals surface area contributed by atoms with Gasteiger partial charge in [0.1, 0.15) is 6.61 Å². The fraction of sp³-hybridized carbons (Fsp3) is 0.200. The Bertz CT molecular complexity index is 443. The van der Waals surface area contributed by atoms with Crippen LogP contribution < -0.4 is 0 Å². The maximum atomic E-state index is 10.7. The molecule has 0 aliphatic rings. The number of hydrogen-bond acceptors (Lipinski definition) is 3. The normalized spacial score (nSPS) is 9.94. The van der Waals surface area contributed by atoms with Crippen LogP contribution in [0.4, 0.5) is 0 Å². The van der Waals surface area contributed by atoms with E-state index in [-0.39, 0.29) is 22.2 Å². The third kappa shape index (κ3) is 3.12. The molecule has 0 spiro atoms. The van der Waals surface area contributed by atoms with Crippen molar-refractivity contribution in [1.29, 1.82) is 0 Å². The minimum Gasteiger partial charge on any atom is -0.478 e. The number of ether oxygens (including phenoxy) is 1. The van der Waals surface area contributed by atoms with Crippen molar-refractivity contribution >= 4 is 35.1 Å². The van der Waals surface area contributed by atoms with Crippen LogP contribution in [0.25, 0.3) is 0 Å². The SMILES string of the molecule is CC(=O)OCc1cc(Cl)c(C(=O)O)cc1Cl. The highest BCUT2D eigenvalue weighted by Gasteiger charge is 2.13. The number of aromatic carboxylic acids is 1. The highest BCUT2D eigenvalue weighted by molar-refractivity contribution is 6.36. The Morgan fingerprint density at radius 2 is 1.94 bits per heavy atom. The summed E-state index contributed by atoms with van der Waals surface area (Å²) < 4.78 is 4.73. The molecule has 16 heavy (non-hydrogen) atoms. The molecule has 86 valence electrons. The first-order valence-corrected chi connectivity index (χ1v) is 5.02. The number of esters is 1. The van der Waals surface area contributed by atoms with Crippen LogP contribution in [0.3, 0.4) is 0 Å². The van der Waals surface area contributed by atoms with Crippen LogP contribution in [0, 0.1) is 0 Å². The summed E-state index contributed by atoms with van der Waals surface area (Å²) >= 11 is 11.5. The topological polar surface area (TPSA) is 63.6 Å². The number of carbonyl (C=O) groups excluding carboxylic acids is 1. The van der Waals surface area contributed by atoms with Gasteiger partial charge in [0.25, 0.3) is 0 Å². The monoisotopic (exact) mass is 262 g/mol. The van der Waals surface area contributed by atoms with Crippen molar-refractivity contribution in [3.8, 4) is 0 Å². The maximum absolute atomic E-state index is 10.7. The van der Waals surface area contributed by atoms with Gasteiger partial charge in [-0.1, -0.05) is 23.2 Å². The standard InChI is InChI=1S/C10H8Cl2O4/c1-5(13)16-4-6-2-9(12)7(10(14)15)3-8(6)11/h2-3H,4H2,1H3,(H,14,15).